The summed E-state index contributed by atoms with van der Waals surface area (Å²) >= 11 is 0. The number of benzene rings is 1. The largest absolute Gasteiger partial charge is 0.459 e. The average molecular weight is 392 g/mol. The van der Waals surface area contributed by atoms with Crippen LogP contribution >= 0.6 is 0 Å². The van der Waals surface area contributed by atoms with E-state index in [-0.39, 0.29) is 29.9 Å². The molecule has 1 saturated heterocycles. The van der Waals surface area contributed by atoms with Gasteiger partial charge in [0.15, 0.2) is 5.76 Å². The fourth-order valence-corrected chi connectivity index (χ4v) is 3.36. The fraction of sp³-hybridized carbons (Fsp3) is 0.238. The minimum atomic E-state index is -0.387. The number of piperazine rings is 1. The van der Waals surface area contributed by atoms with E-state index in [0.717, 1.165) is 5.39 Å². The van der Waals surface area contributed by atoms with Crippen LogP contribution in [0.25, 0.3) is 10.9 Å². The normalized spacial score (nSPS) is 14.1. The van der Waals surface area contributed by atoms with Crippen LogP contribution in [0, 0.1) is 0 Å². The summed E-state index contributed by atoms with van der Waals surface area (Å²) in [5.41, 5.74) is 1.26. The smallest absolute Gasteiger partial charge is 0.289 e. The zero-order valence-electron chi connectivity index (χ0n) is 15.7. The molecule has 0 bridgehead atoms. The summed E-state index contributed by atoms with van der Waals surface area (Å²) < 4.78 is 5.13. The predicted molar refractivity (Wildman–Crippen MR) is 106 cm³/mol. The number of amides is 3. The van der Waals surface area contributed by atoms with Crippen LogP contribution in [0.3, 0.4) is 0 Å². The average Bonchev–Trinajstić information content (AvgIpc) is 3.28. The maximum Gasteiger partial charge on any atom is 0.289 e. The molecule has 1 aliphatic heterocycles. The first-order valence-electron chi connectivity index (χ1n) is 9.36. The minimum absolute atomic E-state index is 0.191. The summed E-state index contributed by atoms with van der Waals surface area (Å²) in [6, 6.07) is 12.5. The number of nitrogens with zero attached hydrogens (tertiary/aromatic N) is 3. The van der Waals surface area contributed by atoms with E-state index in [0.29, 0.717) is 37.4 Å². The van der Waals surface area contributed by atoms with E-state index >= 15 is 0 Å². The van der Waals surface area contributed by atoms with Crippen molar-refractivity contribution in [2.45, 2.75) is 6.42 Å². The molecular weight excluding hydrogens is 372 g/mol. The Morgan fingerprint density at radius 3 is 2.48 bits per heavy atom. The molecule has 1 aliphatic rings. The lowest BCUT2D eigenvalue weighted by Crippen LogP contribution is -2.51. The maximum absolute atomic E-state index is 12.5. The molecule has 3 aromatic rings. The lowest BCUT2D eigenvalue weighted by molar-refractivity contribution is -0.135. The van der Waals surface area contributed by atoms with E-state index in [1.165, 1.54) is 6.26 Å². The first kappa shape index (κ1) is 18.7. The number of para-hydroxylation sites is 1. The van der Waals surface area contributed by atoms with Crippen molar-refractivity contribution in [2.24, 2.45) is 0 Å². The first-order valence-corrected chi connectivity index (χ1v) is 9.36. The molecule has 4 rings (SSSR count). The summed E-state index contributed by atoms with van der Waals surface area (Å²) in [7, 11) is 0. The third-order valence-corrected chi connectivity index (χ3v) is 4.87. The number of hydrogen-bond donors (Lipinski definition) is 1. The van der Waals surface area contributed by atoms with Gasteiger partial charge in [-0.05, 0) is 24.3 Å². The van der Waals surface area contributed by atoms with E-state index in [1.807, 2.05) is 24.3 Å². The van der Waals surface area contributed by atoms with Gasteiger partial charge in [0.25, 0.3) is 5.91 Å². The van der Waals surface area contributed by atoms with Crippen LogP contribution in [-0.4, -0.2) is 58.7 Å². The molecule has 29 heavy (non-hydrogen) atoms. The number of pyridine rings is 1. The van der Waals surface area contributed by atoms with Crippen LogP contribution in [0.15, 0.2) is 59.3 Å². The van der Waals surface area contributed by atoms with Gasteiger partial charge in [-0.1, -0.05) is 18.2 Å². The van der Waals surface area contributed by atoms with Gasteiger partial charge in [-0.2, -0.15) is 0 Å². The Labute approximate surface area is 167 Å². The van der Waals surface area contributed by atoms with E-state index in [4.69, 9.17) is 4.42 Å². The summed E-state index contributed by atoms with van der Waals surface area (Å²) in [4.78, 5) is 44.7. The van der Waals surface area contributed by atoms with Crippen molar-refractivity contribution in [2.75, 3.05) is 31.5 Å². The molecule has 3 heterocycles. The Kier molecular flexibility index (Phi) is 5.24. The van der Waals surface area contributed by atoms with E-state index < -0.39 is 0 Å². The second-order valence-corrected chi connectivity index (χ2v) is 6.76. The Morgan fingerprint density at radius 2 is 1.72 bits per heavy atom. The monoisotopic (exact) mass is 392 g/mol. The fourth-order valence-electron chi connectivity index (χ4n) is 3.36. The SMILES string of the molecule is O=C(CC(=O)N1CCN(C(=O)c2ccco2)CC1)Nc1cccc2cccnc12. The molecule has 148 valence electrons. The van der Waals surface area contributed by atoms with Gasteiger partial charge in [-0.3, -0.25) is 19.4 Å². The van der Waals surface area contributed by atoms with Crippen LogP contribution in [0.4, 0.5) is 5.69 Å². The van der Waals surface area contributed by atoms with E-state index in [9.17, 15) is 14.4 Å². The number of anilines is 1. The number of carbonyl (C=O) groups excluding carboxylic acids is 3. The number of rotatable bonds is 4. The molecule has 0 spiro atoms. The van der Waals surface area contributed by atoms with Crippen LogP contribution in [0.1, 0.15) is 17.0 Å². The van der Waals surface area contributed by atoms with Crippen LogP contribution < -0.4 is 5.32 Å². The van der Waals surface area contributed by atoms with Gasteiger partial charge in [0.1, 0.15) is 6.42 Å². The molecule has 0 atom stereocenters. The van der Waals surface area contributed by atoms with Gasteiger partial charge in [0.2, 0.25) is 11.8 Å². The highest BCUT2D eigenvalue weighted by molar-refractivity contribution is 6.07. The van der Waals surface area contributed by atoms with Crippen molar-refractivity contribution in [1.82, 2.24) is 14.8 Å². The van der Waals surface area contributed by atoms with Crippen LogP contribution in [0.5, 0.6) is 0 Å². The van der Waals surface area contributed by atoms with Crippen LogP contribution in [-0.2, 0) is 9.59 Å². The van der Waals surface area contributed by atoms with Gasteiger partial charge in [0, 0.05) is 37.8 Å². The highest BCUT2D eigenvalue weighted by atomic mass is 16.3. The quantitative estimate of drug-likeness (QED) is 0.687. The van der Waals surface area contributed by atoms with Gasteiger partial charge >= 0.3 is 0 Å². The Hall–Kier alpha value is -3.68. The van der Waals surface area contributed by atoms with Gasteiger partial charge in [-0.15, -0.1) is 0 Å². The van der Waals surface area contributed by atoms with Crippen molar-refractivity contribution in [1.29, 1.82) is 0 Å². The highest BCUT2D eigenvalue weighted by Gasteiger charge is 2.27. The molecule has 8 heteroatoms. The van der Waals surface area contributed by atoms with E-state index in [1.54, 1.807) is 34.2 Å². The molecule has 3 amide bonds. The number of fused-ring (bicyclic) bond motifs is 1. The Balaban J connectivity index is 1.31. The molecule has 2 aromatic heterocycles. The van der Waals surface area contributed by atoms with Crippen molar-refractivity contribution in [3.8, 4) is 0 Å². The summed E-state index contributed by atoms with van der Waals surface area (Å²) in [6.07, 6.45) is 2.86. The maximum atomic E-state index is 12.5. The van der Waals surface area contributed by atoms with E-state index in [2.05, 4.69) is 10.3 Å². The lowest BCUT2D eigenvalue weighted by Gasteiger charge is -2.34. The number of furan rings is 1. The minimum Gasteiger partial charge on any atom is -0.459 e. The molecule has 8 nitrogen and oxygen atoms in total. The lowest BCUT2D eigenvalue weighted by atomic mass is 10.2. The van der Waals surface area contributed by atoms with Gasteiger partial charge in [0.05, 0.1) is 17.5 Å². The van der Waals surface area contributed by atoms with Crippen molar-refractivity contribution < 1.29 is 18.8 Å². The molecular formula is C21H20N4O4. The third kappa shape index (κ3) is 4.11. The molecule has 1 fully saturated rings. The molecule has 0 radical (unpaired) electrons. The Bertz CT molecular complexity index is 1030. The number of nitrogens with one attached hydrogen (secondary N) is 1. The zero-order valence-corrected chi connectivity index (χ0v) is 15.7. The Morgan fingerprint density at radius 1 is 0.966 bits per heavy atom. The number of aromatic nitrogens is 1. The van der Waals surface area contributed by atoms with Gasteiger partial charge < -0.3 is 19.5 Å². The molecule has 0 aliphatic carbocycles. The summed E-state index contributed by atoms with van der Waals surface area (Å²) in [5, 5.41) is 3.69. The summed E-state index contributed by atoms with van der Waals surface area (Å²) in [5.74, 6) is -0.556. The molecule has 1 aromatic carbocycles. The van der Waals surface area contributed by atoms with Gasteiger partial charge in [-0.25, -0.2) is 0 Å². The molecule has 0 unspecified atom stereocenters. The molecule has 1 N–H and O–H groups in total. The topological polar surface area (TPSA) is 95.8 Å². The second kappa shape index (κ2) is 8.14. The first-order chi connectivity index (χ1) is 14.1. The predicted octanol–water partition coefficient (Wildman–Crippen LogP) is 2.14. The summed E-state index contributed by atoms with van der Waals surface area (Å²) in [6.45, 7) is 1.57. The van der Waals surface area contributed by atoms with Crippen molar-refractivity contribution in [3.05, 3.63) is 60.7 Å². The highest BCUT2D eigenvalue weighted by Crippen LogP contribution is 2.21. The zero-order chi connectivity index (χ0) is 20.2. The second-order valence-electron chi connectivity index (χ2n) is 6.76. The number of hydrogen-bond acceptors (Lipinski definition) is 5. The molecule has 0 saturated carbocycles. The van der Waals surface area contributed by atoms with Crippen molar-refractivity contribution >= 4 is 34.3 Å². The number of carbonyl (C=O) groups is 3. The standard InChI is InChI=1S/C21H20N4O4/c26-18(23-16-6-1-4-15-5-2-8-22-20(15)16)14-19(27)24-9-11-25(12-10-24)21(28)17-7-3-13-29-17/h1-8,13H,9-12,14H2,(H,23,26). The van der Waals surface area contributed by atoms with Crippen molar-refractivity contribution in [3.63, 3.8) is 0 Å². The van der Waals surface area contributed by atoms with Crippen LogP contribution in [0.2, 0.25) is 0 Å². The third-order valence-electron chi connectivity index (χ3n) is 4.87.